The van der Waals surface area contributed by atoms with E-state index in [2.05, 4.69) is 10.3 Å². The molecule has 0 bridgehead atoms. The van der Waals surface area contributed by atoms with Gasteiger partial charge in [0.15, 0.2) is 16.5 Å². The van der Waals surface area contributed by atoms with Crippen LogP contribution in [-0.4, -0.2) is 22.8 Å². The second kappa shape index (κ2) is 7.06. The lowest BCUT2D eigenvalue weighted by Gasteiger charge is -2.20. The number of carbonyl (C=O) groups is 2. The number of aromatic nitrogens is 1. The van der Waals surface area contributed by atoms with Crippen LogP contribution >= 0.6 is 11.3 Å². The van der Waals surface area contributed by atoms with E-state index in [-0.39, 0.29) is 11.7 Å². The van der Waals surface area contributed by atoms with Crippen molar-refractivity contribution in [3.8, 4) is 10.8 Å². The van der Waals surface area contributed by atoms with Crippen LogP contribution in [-0.2, 0) is 4.79 Å². The molecule has 25 heavy (non-hydrogen) atoms. The number of nitrogens with two attached hydrogens (primary N) is 1. The summed E-state index contributed by atoms with van der Waals surface area (Å²) in [7, 11) is 0. The number of fused-ring (bicyclic) bond motifs is 1. The Morgan fingerprint density at radius 1 is 1.28 bits per heavy atom. The molecular weight excluding hydrogens is 338 g/mol. The van der Waals surface area contributed by atoms with Gasteiger partial charge in [-0.05, 0) is 30.2 Å². The normalized spacial score (nSPS) is 13.5. The van der Waals surface area contributed by atoms with Gasteiger partial charge in [-0.15, -0.1) is 11.3 Å². The predicted molar refractivity (Wildman–Crippen MR) is 97.2 cm³/mol. The molecular formula is C18H19N3O3S. The molecule has 2 unspecified atom stereocenters. The van der Waals surface area contributed by atoms with Gasteiger partial charge in [-0.25, -0.2) is 4.98 Å². The van der Waals surface area contributed by atoms with E-state index >= 15 is 0 Å². The zero-order valence-corrected chi connectivity index (χ0v) is 14.8. The Labute approximate surface area is 149 Å². The number of rotatable bonds is 6. The largest absolute Gasteiger partial charge is 0.448 e. The third-order valence-electron chi connectivity index (χ3n) is 4.14. The van der Waals surface area contributed by atoms with Crippen molar-refractivity contribution in [3.05, 3.63) is 42.2 Å². The molecule has 2 aromatic heterocycles. The third-order valence-corrected chi connectivity index (χ3v) is 5.19. The zero-order valence-electron chi connectivity index (χ0n) is 14.0. The van der Waals surface area contributed by atoms with Crippen LogP contribution in [0.15, 0.2) is 40.8 Å². The Bertz CT molecular complexity index is 882. The molecule has 0 spiro atoms. The summed E-state index contributed by atoms with van der Waals surface area (Å²) in [5.74, 6) is -0.424. The summed E-state index contributed by atoms with van der Waals surface area (Å²) in [6, 6.07) is 10.3. The maximum absolute atomic E-state index is 12.4. The number of nitrogens with zero attached hydrogens (tertiary/aromatic N) is 1. The van der Waals surface area contributed by atoms with Crippen molar-refractivity contribution in [2.75, 3.05) is 0 Å². The SMILES string of the molecule is CCC(C)C(NC(=O)c1ccc(-c2nc3ccccc3s2)o1)C(N)=O. The van der Waals surface area contributed by atoms with Gasteiger partial charge in [0.2, 0.25) is 5.91 Å². The Morgan fingerprint density at radius 2 is 2.04 bits per heavy atom. The fourth-order valence-electron chi connectivity index (χ4n) is 2.49. The Kier molecular flexibility index (Phi) is 4.85. The first-order valence-corrected chi connectivity index (χ1v) is 8.87. The van der Waals surface area contributed by atoms with Crippen LogP contribution in [0.2, 0.25) is 0 Å². The standard InChI is InChI=1S/C18H19N3O3S/c1-3-10(2)15(16(19)22)21-17(23)12-8-9-13(24-12)18-20-11-6-4-5-7-14(11)25-18/h4-10,15H,3H2,1-2H3,(H2,19,22)(H,21,23). The Morgan fingerprint density at radius 3 is 2.72 bits per heavy atom. The quantitative estimate of drug-likeness (QED) is 0.708. The van der Waals surface area contributed by atoms with Gasteiger partial charge >= 0.3 is 0 Å². The molecule has 0 aliphatic heterocycles. The van der Waals surface area contributed by atoms with Crippen LogP contribution < -0.4 is 11.1 Å². The lowest BCUT2D eigenvalue weighted by atomic mass is 9.98. The minimum atomic E-state index is -0.728. The van der Waals surface area contributed by atoms with E-state index in [0.717, 1.165) is 16.6 Å². The molecule has 130 valence electrons. The maximum atomic E-state index is 12.4. The predicted octanol–water partition coefficient (Wildman–Crippen LogP) is 3.19. The van der Waals surface area contributed by atoms with Gasteiger partial charge in [-0.2, -0.15) is 0 Å². The van der Waals surface area contributed by atoms with E-state index < -0.39 is 17.9 Å². The van der Waals surface area contributed by atoms with Crippen molar-refractivity contribution in [1.29, 1.82) is 0 Å². The molecule has 0 radical (unpaired) electrons. The summed E-state index contributed by atoms with van der Waals surface area (Å²) in [5.41, 5.74) is 6.27. The second-order valence-electron chi connectivity index (χ2n) is 5.89. The van der Waals surface area contributed by atoms with E-state index in [1.54, 1.807) is 12.1 Å². The highest BCUT2D eigenvalue weighted by Gasteiger charge is 2.25. The monoisotopic (exact) mass is 357 g/mol. The molecule has 3 N–H and O–H groups in total. The first kappa shape index (κ1) is 17.2. The van der Waals surface area contributed by atoms with Crippen LogP contribution in [0.3, 0.4) is 0 Å². The van der Waals surface area contributed by atoms with Crippen molar-refractivity contribution in [2.24, 2.45) is 11.7 Å². The summed E-state index contributed by atoms with van der Waals surface area (Å²) in [5, 5.41) is 3.35. The minimum Gasteiger partial charge on any atom is -0.448 e. The van der Waals surface area contributed by atoms with Crippen LogP contribution in [0.25, 0.3) is 21.0 Å². The minimum absolute atomic E-state index is 0.0554. The van der Waals surface area contributed by atoms with Gasteiger partial charge in [0.25, 0.3) is 5.91 Å². The molecule has 2 atom stereocenters. The fourth-order valence-corrected chi connectivity index (χ4v) is 3.42. The molecule has 0 fully saturated rings. The number of hydrogen-bond acceptors (Lipinski definition) is 5. The molecule has 0 saturated heterocycles. The van der Waals surface area contributed by atoms with Gasteiger partial charge in [-0.3, -0.25) is 9.59 Å². The van der Waals surface area contributed by atoms with Crippen LogP contribution in [0.5, 0.6) is 0 Å². The molecule has 2 amide bonds. The number of carbonyl (C=O) groups excluding carboxylic acids is 2. The lowest BCUT2D eigenvalue weighted by molar-refractivity contribution is -0.120. The van der Waals surface area contributed by atoms with E-state index in [4.69, 9.17) is 10.2 Å². The molecule has 3 aromatic rings. The number of amides is 2. The highest BCUT2D eigenvalue weighted by Crippen LogP contribution is 2.31. The topological polar surface area (TPSA) is 98.2 Å². The zero-order chi connectivity index (χ0) is 18.0. The average molecular weight is 357 g/mol. The fraction of sp³-hybridized carbons (Fsp3) is 0.278. The molecule has 0 aliphatic rings. The average Bonchev–Trinajstić information content (AvgIpc) is 3.24. The van der Waals surface area contributed by atoms with E-state index in [0.29, 0.717) is 10.8 Å². The van der Waals surface area contributed by atoms with E-state index in [9.17, 15) is 9.59 Å². The summed E-state index contributed by atoms with van der Waals surface area (Å²) in [6.45, 7) is 3.80. The number of benzene rings is 1. The van der Waals surface area contributed by atoms with Crippen molar-refractivity contribution >= 4 is 33.4 Å². The lowest BCUT2D eigenvalue weighted by Crippen LogP contribution is -2.48. The summed E-state index contributed by atoms with van der Waals surface area (Å²) < 4.78 is 6.69. The summed E-state index contributed by atoms with van der Waals surface area (Å²) >= 11 is 1.49. The molecule has 7 heteroatoms. The highest BCUT2D eigenvalue weighted by molar-refractivity contribution is 7.21. The van der Waals surface area contributed by atoms with Crippen LogP contribution in [0, 0.1) is 5.92 Å². The van der Waals surface area contributed by atoms with Crippen LogP contribution in [0.1, 0.15) is 30.8 Å². The summed E-state index contributed by atoms with van der Waals surface area (Å²) in [4.78, 5) is 28.4. The van der Waals surface area contributed by atoms with Crippen molar-refractivity contribution in [2.45, 2.75) is 26.3 Å². The number of nitrogens with one attached hydrogen (secondary N) is 1. The van der Waals surface area contributed by atoms with Crippen molar-refractivity contribution in [3.63, 3.8) is 0 Å². The molecule has 3 rings (SSSR count). The summed E-state index contributed by atoms with van der Waals surface area (Å²) in [6.07, 6.45) is 0.725. The van der Waals surface area contributed by atoms with Gasteiger partial charge < -0.3 is 15.5 Å². The number of hydrogen-bond donors (Lipinski definition) is 2. The van der Waals surface area contributed by atoms with Crippen molar-refractivity contribution in [1.82, 2.24) is 10.3 Å². The second-order valence-corrected chi connectivity index (χ2v) is 6.92. The molecule has 2 heterocycles. The van der Waals surface area contributed by atoms with Crippen molar-refractivity contribution < 1.29 is 14.0 Å². The maximum Gasteiger partial charge on any atom is 0.287 e. The first-order chi connectivity index (χ1) is 12.0. The molecule has 6 nitrogen and oxygen atoms in total. The molecule has 1 aromatic carbocycles. The van der Waals surface area contributed by atoms with Crippen LogP contribution in [0.4, 0.5) is 0 Å². The smallest absolute Gasteiger partial charge is 0.287 e. The molecule has 0 aliphatic carbocycles. The number of para-hydroxylation sites is 1. The van der Waals surface area contributed by atoms with E-state index in [1.165, 1.54) is 11.3 Å². The van der Waals surface area contributed by atoms with Gasteiger partial charge in [0.1, 0.15) is 6.04 Å². The number of primary amides is 1. The van der Waals surface area contributed by atoms with E-state index in [1.807, 2.05) is 38.1 Å². The Balaban J connectivity index is 1.80. The molecule has 0 saturated carbocycles. The number of thiazole rings is 1. The number of furan rings is 1. The third kappa shape index (κ3) is 3.56. The highest BCUT2D eigenvalue weighted by atomic mass is 32.1. The Hall–Kier alpha value is -2.67. The van der Waals surface area contributed by atoms with Gasteiger partial charge in [0.05, 0.1) is 10.2 Å². The van der Waals surface area contributed by atoms with Gasteiger partial charge in [0, 0.05) is 0 Å². The van der Waals surface area contributed by atoms with Gasteiger partial charge in [-0.1, -0.05) is 32.4 Å². The first-order valence-electron chi connectivity index (χ1n) is 8.05.